The Hall–Kier alpha value is -1.35. The minimum Gasteiger partial charge on any atom is -0.384 e. The van der Waals surface area contributed by atoms with Crippen LogP contribution >= 0.6 is 0 Å². The lowest BCUT2D eigenvalue weighted by atomic mass is 10.0. The summed E-state index contributed by atoms with van der Waals surface area (Å²) in [5.41, 5.74) is 3.26. The van der Waals surface area contributed by atoms with E-state index in [1.165, 1.54) is 5.56 Å². The lowest BCUT2D eigenvalue weighted by Gasteiger charge is -2.15. The van der Waals surface area contributed by atoms with Crippen LogP contribution in [0, 0.1) is 12.8 Å². The molecule has 1 rings (SSSR count). The van der Waals surface area contributed by atoms with E-state index in [4.69, 9.17) is 4.74 Å². The Morgan fingerprint density at radius 1 is 1.44 bits per heavy atom. The summed E-state index contributed by atoms with van der Waals surface area (Å²) in [5, 5.41) is 3.02. The van der Waals surface area contributed by atoms with Crippen LogP contribution in [-0.2, 0) is 16.0 Å². The summed E-state index contributed by atoms with van der Waals surface area (Å²) in [4.78, 5) is 12.0. The number of carbonyl (C=O) groups is 1. The number of anilines is 1. The summed E-state index contributed by atoms with van der Waals surface area (Å²) < 4.78 is 5.04. The average molecular weight is 249 g/mol. The molecule has 1 atom stereocenters. The van der Waals surface area contributed by atoms with E-state index < -0.39 is 0 Å². The first-order chi connectivity index (χ1) is 8.58. The van der Waals surface area contributed by atoms with Crippen molar-refractivity contribution in [2.45, 2.75) is 33.6 Å². The van der Waals surface area contributed by atoms with Gasteiger partial charge in [0.15, 0.2) is 0 Å². The normalized spacial score (nSPS) is 12.2. The average Bonchev–Trinajstić information content (AvgIpc) is 2.31. The molecule has 1 aromatic carbocycles. The van der Waals surface area contributed by atoms with E-state index in [9.17, 15) is 4.79 Å². The second kappa shape index (κ2) is 7.17. The highest BCUT2D eigenvalue weighted by Crippen LogP contribution is 2.21. The number of para-hydroxylation sites is 1. The molecular formula is C15H23NO2. The van der Waals surface area contributed by atoms with Gasteiger partial charge in [-0.25, -0.2) is 0 Å². The number of rotatable bonds is 6. The molecule has 0 heterocycles. The van der Waals surface area contributed by atoms with Gasteiger partial charge in [0.25, 0.3) is 0 Å². The molecule has 0 radical (unpaired) electrons. The number of carbonyl (C=O) groups excluding carboxylic acids is 1. The van der Waals surface area contributed by atoms with Crippen LogP contribution in [0.15, 0.2) is 18.2 Å². The summed E-state index contributed by atoms with van der Waals surface area (Å²) >= 11 is 0. The molecule has 0 aromatic heterocycles. The zero-order chi connectivity index (χ0) is 13.5. The molecular weight excluding hydrogens is 226 g/mol. The number of nitrogens with one attached hydrogen (secondary N) is 1. The van der Waals surface area contributed by atoms with Crippen molar-refractivity contribution in [3.8, 4) is 0 Å². The van der Waals surface area contributed by atoms with Gasteiger partial charge in [-0.2, -0.15) is 0 Å². The number of amides is 1. The predicted octanol–water partition coefficient (Wildman–Crippen LogP) is 3.17. The van der Waals surface area contributed by atoms with Crippen LogP contribution in [0.4, 0.5) is 5.69 Å². The Kier molecular flexibility index (Phi) is 5.86. The Morgan fingerprint density at radius 3 is 2.78 bits per heavy atom. The SMILES string of the molecule is CCc1cccc(C)c1NC(=O)CC(C)COC. The van der Waals surface area contributed by atoms with E-state index in [0.29, 0.717) is 13.0 Å². The van der Waals surface area contributed by atoms with Gasteiger partial charge in [-0.05, 0) is 30.4 Å². The maximum absolute atomic E-state index is 12.0. The molecule has 0 aliphatic carbocycles. The Balaban J connectivity index is 2.69. The standard InChI is InChI=1S/C15H23NO2/c1-5-13-8-6-7-12(3)15(13)16-14(17)9-11(2)10-18-4/h6-8,11H,5,9-10H2,1-4H3,(H,16,17). The fraction of sp³-hybridized carbons (Fsp3) is 0.533. The van der Waals surface area contributed by atoms with Crippen LogP contribution < -0.4 is 5.32 Å². The molecule has 3 nitrogen and oxygen atoms in total. The van der Waals surface area contributed by atoms with E-state index in [-0.39, 0.29) is 11.8 Å². The number of ether oxygens (including phenoxy) is 1. The van der Waals surface area contributed by atoms with Gasteiger partial charge in [-0.1, -0.05) is 32.0 Å². The minimum atomic E-state index is 0.0588. The molecule has 1 unspecified atom stereocenters. The second-order valence-corrected chi connectivity index (χ2v) is 4.78. The third kappa shape index (κ3) is 4.15. The molecule has 18 heavy (non-hydrogen) atoms. The van der Waals surface area contributed by atoms with Crippen LogP contribution in [0.2, 0.25) is 0 Å². The molecule has 0 spiro atoms. The van der Waals surface area contributed by atoms with Crippen molar-refractivity contribution < 1.29 is 9.53 Å². The monoisotopic (exact) mass is 249 g/mol. The number of aryl methyl sites for hydroxylation is 2. The Morgan fingerprint density at radius 2 is 2.17 bits per heavy atom. The predicted molar refractivity (Wildman–Crippen MR) is 74.8 cm³/mol. The van der Waals surface area contributed by atoms with Crippen LogP contribution in [0.1, 0.15) is 31.4 Å². The molecule has 0 saturated heterocycles. The van der Waals surface area contributed by atoms with Crippen LogP contribution in [0.25, 0.3) is 0 Å². The van der Waals surface area contributed by atoms with Crippen molar-refractivity contribution in [1.82, 2.24) is 0 Å². The van der Waals surface area contributed by atoms with Gasteiger partial charge in [0, 0.05) is 25.8 Å². The van der Waals surface area contributed by atoms with E-state index >= 15 is 0 Å². The summed E-state index contributed by atoms with van der Waals surface area (Å²) in [6, 6.07) is 6.10. The molecule has 100 valence electrons. The first kappa shape index (κ1) is 14.7. The molecule has 1 N–H and O–H groups in total. The maximum Gasteiger partial charge on any atom is 0.224 e. The van der Waals surface area contributed by atoms with Gasteiger partial charge in [-0.3, -0.25) is 4.79 Å². The molecule has 1 aromatic rings. The third-order valence-corrected chi connectivity index (χ3v) is 2.99. The lowest BCUT2D eigenvalue weighted by molar-refractivity contribution is -0.117. The Bertz CT molecular complexity index is 401. The van der Waals surface area contributed by atoms with Gasteiger partial charge in [-0.15, -0.1) is 0 Å². The number of methoxy groups -OCH3 is 1. The smallest absolute Gasteiger partial charge is 0.224 e. The first-order valence-corrected chi connectivity index (χ1v) is 6.45. The van der Waals surface area contributed by atoms with Crippen molar-refractivity contribution >= 4 is 11.6 Å². The highest BCUT2D eigenvalue weighted by atomic mass is 16.5. The summed E-state index contributed by atoms with van der Waals surface area (Å²) in [6.45, 7) is 6.74. The van der Waals surface area contributed by atoms with Gasteiger partial charge in [0.05, 0.1) is 0 Å². The number of hydrogen-bond acceptors (Lipinski definition) is 2. The molecule has 0 saturated carbocycles. The van der Waals surface area contributed by atoms with Crippen molar-refractivity contribution in [2.24, 2.45) is 5.92 Å². The van der Waals surface area contributed by atoms with Crippen molar-refractivity contribution in [3.05, 3.63) is 29.3 Å². The number of benzene rings is 1. The number of hydrogen-bond donors (Lipinski definition) is 1. The van der Waals surface area contributed by atoms with Crippen molar-refractivity contribution in [3.63, 3.8) is 0 Å². The topological polar surface area (TPSA) is 38.3 Å². The van der Waals surface area contributed by atoms with E-state index in [1.54, 1.807) is 7.11 Å². The molecule has 3 heteroatoms. The van der Waals surface area contributed by atoms with Crippen molar-refractivity contribution in [2.75, 3.05) is 19.0 Å². The maximum atomic E-state index is 12.0. The molecule has 0 aliphatic rings. The highest BCUT2D eigenvalue weighted by molar-refractivity contribution is 5.92. The quantitative estimate of drug-likeness (QED) is 0.841. The van der Waals surface area contributed by atoms with E-state index in [2.05, 4.69) is 18.3 Å². The van der Waals surface area contributed by atoms with Crippen LogP contribution in [0.5, 0.6) is 0 Å². The highest BCUT2D eigenvalue weighted by Gasteiger charge is 2.12. The zero-order valence-corrected chi connectivity index (χ0v) is 11.7. The zero-order valence-electron chi connectivity index (χ0n) is 11.7. The van der Waals surface area contributed by atoms with Gasteiger partial charge >= 0.3 is 0 Å². The second-order valence-electron chi connectivity index (χ2n) is 4.78. The van der Waals surface area contributed by atoms with Gasteiger partial charge in [0.2, 0.25) is 5.91 Å². The minimum absolute atomic E-state index is 0.0588. The van der Waals surface area contributed by atoms with Gasteiger partial charge < -0.3 is 10.1 Å². The fourth-order valence-electron chi connectivity index (χ4n) is 2.05. The van der Waals surface area contributed by atoms with Crippen LogP contribution in [-0.4, -0.2) is 19.6 Å². The Labute approximate surface area is 110 Å². The largest absolute Gasteiger partial charge is 0.384 e. The molecule has 1 amide bonds. The van der Waals surface area contributed by atoms with Crippen molar-refractivity contribution in [1.29, 1.82) is 0 Å². The van der Waals surface area contributed by atoms with E-state index in [1.807, 2.05) is 26.0 Å². The fourth-order valence-corrected chi connectivity index (χ4v) is 2.05. The summed E-state index contributed by atoms with van der Waals surface area (Å²) in [6.07, 6.45) is 1.41. The molecule has 0 bridgehead atoms. The van der Waals surface area contributed by atoms with Gasteiger partial charge in [0.1, 0.15) is 0 Å². The summed E-state index contributed by atoms with van der Waals surface area (Å²) in [5.74, 6) is 0.299. The first-order valence-electron chi connectivity index (χ1n) is 6.45. The molecule has 0 fully saturated rings. The molecule has 0 aliphatic heterocycles. The third-order valence-electron chi connectivity index (χ3n) is 2.99. The lowest BCUT2D eigenvalue weighted by Crippen LogP contribution is -2.18. The van der Waals surface area contributed by atoms with E-state index in [0.717, 1.165) is 17.7 Å². The van der Waals surface area contributed by atoms with Crippen LogP contribution in [0.3, 0.4) is 0 Å². The summed E-state index contributed by atoms with van der Waals surface area (Å²) in [7, 11) is 1.66.